The lowest BCUT2D eigenvalue weighted by Crippen LogP contribution is -2.55. The summed E-state index contributed by atoms with van der Waals surface area (Å²) in [6.07, 6.45) is -6.83. The molecule has 0 bridgehead atoms. The molecule has 0 saturated carbocycles. The summed E-state index contributed by atoms with van der Waals surface area (Å²) in [7, 11) is 1.40. The fourth-order valence-corrected chi connectivity index (χ4v) is 0.752. The maximum atomic E-state index is 11.8. The van der Waals surface area contributed by atoms with E-state index in [1.165, 1.54) is 0 Å². The van der Waals surface area contributed by atoms with Gasteiger partial charge in [0.05, 0.1) is 28.2 Å². The summed E-state index contributed by atoms with van der Waals surface area (Å²) in [6, 6.07) is 0. The fourth-order valence-electron chi connectivity index (χ4n) is 0.322. The molecule has 0 aliphatic rings. The number of quaternary nitrogens is 1. The van der Waals surface area contributed by atoms with Crippen molar-refractivity contribution in [3.05, 3.63) is 0 Å². The number of nitrogens with zero attached hydrogens (tertiary/aromatic N) is 1. The Morgan fingerprint density at radius 1 is 0.842 bits per heavy atom. The minimum Gasteiger partial charge on any atom is -0.743 e. The van der Waals surface area contributed by atoms with E-state index in [-0.39, 0.29) is 0 Å². The lowest BCUT2D eigenvalue weighted by molar-refractivity contribution is -0.849. The second-order valence-corrected chi connectivity index (χ2v) is 6.15. The van der Waals surface area contributed by atoms with Crippen molar-refractivity contribution in [2.24, 2.45) is 0 Å². The van der Waals surface area contributed by atoms with E-state index < -0.39 is 27.5 Å². The summed E-state index contributed by atoms with van der Waals surface area (Å²) in [6.45, 7) is 0. The maximum Gasteiger partial charge on any atom is 0.461 e. The van der Waals surface area contributed by atoms with Crippen molar-refractivity contribution < 1.29 is 48.2 Å². The highest BCUT2D eigenvalue weighted by molar-refractivity contribution is 7.86. The van der Waals surface area contributed by atoms with Crippen molar-refractivity contribution in [1.29, 1.82) is 0 Å². The number of hydrogen-bond acceptors (Lipinski definition) is 3. The van der Waals surface area contributed by atoms with Gasteiger partial charge in [-0.2, -0.15) is 30.7 Å². The summed E-state index contributed by atoms with van der Waals surface area (Å²) < 4.78 is 110. The molecule has 0 saturated heterocycles. The van der Waals surface area contributed by atoms with Crippen LogP contribution in [-0.4, -0.2) is 63.0 Å². The van der Waals surface area contributed by atoms with E-state index in [0.717, 1.165) is 4.48 Å². The molecule has 0 rings (SSSR count). The van der Waals surface area contributed by atoms with Gasteiger partial charge in [0.1, 0.15) is 0 Å². The van der Waals surface area contributed by atoms with Gasteiger partial charge in [0.15, 0.2) is 10.1 Å². The molecule has 0 amide bonds. The molecular formula is C7H12F7NO3S. The van der Waals surface area contributed by atoms with Gasteiger partial charge in [0.25, 0.3) is 0 Å². The van der Waals surface area contributed by atoms with Crippen molar-refractivity contribution in [2.45, 2.75) is 17.4 Å². The average Bonchev–Trinajstić information content (AvgIpc) is 1.95. The third kappa shape index (κ3) is 5.91. The van der Waals surface area contributed by atoms with Gasteiger partial charge in [-0.25, -0.2) is 8.42 Å². The molecule has 12 heteroatoms. The Kier molecular flexibility index (Phi) is 5.88. The predicted octanol–water partition coefficient (Wildman–Crippen LogP) is 1.64. The summed E-state index contributed by atoms with van der Waals surface area (Å²) in [4.78, 5) is 0. The minimum atomic E-state index is -7.10. The molecule has 0 heterocycles. The predicted molar refractivity (Wildman–Crippen MR) is 49.6 cm³/mol. The average molecular weight is 323 g/mol. The van der Waals surface area contributed by atoms with Crippen LogP contribution < -0.4 is 0 Å². The number of hydrogen-bond donors (Lipinski definition) is 0. The van der Waals surface area contributed by atoms with Crippen LogP contribution in [0, 0.1) is 0 Å². The van der Waals surface area contributed by atoms with Gasteiger partial charge in [-0.3, -0.25) is 0 Å². The van der Waals surface area contributed by atoms with E-state index in [9.17, 15) is 43.7 Å². The Hall–Kier alpha value is -0.620. The summed E-state index contributed by atoms with van der Waals surface area (Å²) >= 11 is 0. The van der Waals surface area contributed by atoms with Crippen LogP contribution in [-0.2, 0) is 10.1 Å². The first-order valence-corrected chi connectivity index (χ1v) is 5.72. The maximum absolute atomic E-state index is 11.8. The van der Waals surface area contributed by atoms with Crippen LogP contribution >= 0.6 is 0 Å². The van der Waals surface area contributed by atoms with Gasteiger partial charge in [0, 0.05) is 0 Å². The van der Waals surface area contributed by atoms with Crippen LogP contribution in [0.1, 0.15) is 0 Å². The van der Waals surface area contributed by atoms with Gasteiger partial charge in [-0.05, 0) is 0 Å². The standard InChI is InChI=1S/C4H12N.C3HF7O3S/c1-5(2,3)4;4-1(5,2(6,7)8)3(9,10)14(11,12)13/h1-4H3;(H,11,12,13)/q+1;/p-1. The molecule has 0 unspecified atom stereocenters. The zero-order chi connectivity index (χ0) is 16.5. The first-order valence-electron chi connectivity index (χ1n) is 4.32. The minimum absolute atomic E-state index is 1.00. The summed E-state index contributed by atoms with van der Waals surface area (Å²) in [5.41, 5.74) is 0. The zero-order valence-electron chi connectivity index (χ0n) is 10.2. The van der Waals surface area contributed by atoms with E-state index in [1.807, 2.05) is 0 Å². The molecule has 0 aliphatic carbocycles. The summed E-state index contributed by atoms with van der Waals surface area (Å²) in [5, 5.41) is -6.72. The first-order chi connectivity index (χ1) is 7.75. The second-order valence-electron chi connectivity index (χ2n) is 4.73. The van der Waals surface area contributed by atoms with Crippen molar-refractivity contribution in [1.82, 2.24) is 0 Å². The molecule has 0 spiro atoms. The number of alkyl halides is 7. The highest BCUT2D eigenvalue weighted by atomic mass is 32.2. The third-order valence-electron chi connectivity index (χ3n) is 1.04. The third-order valence-corrected chi connectivity index (χ3v) is 1.92. The molecule has 19 heavy (non-hydrogen) atoms. The van der Waals surface area contributed by atoms with Crippen molar-refractivity contribution >= 4 is 10.1 Å². The molecule has 118 valence electrons. The topological polar surface area (TPSA) is 57.2 Å². The Bertz CT molecular complexity index is 390. The van der Waals surface area contributed by atoms with Crippen molar-refractivity contribution in [3.8, 4) is 0 Å². The first kappa shape index (κ1) is 20.7. The second kappa shape index (κ2) is 5.40. The smallest absolute Gasteiger partial charge is 0.461 e. The molecule has 0 radical (unpaired) electrons. The van der Waals surface area contributed by atoms with E-state index in [1.54, 1.807) is 0 Å². The van der Waals surface area contributed by atoms with Crippen molar-refractivity contribution in [2.75, 3.05) is 28.2 Å². The van der Waals surface area contributed by atoms with Crippen LogP contribution in [0.5, 0.6) is 0 Å². The molecule has 0 atom stereocenters. The van der Waals surface area contributed by atoms with Gasteiger partial charge in [0.2, 0.25) is 0 Å². The summed E-state index contributed by atoms with van der Waals surface area (Å²) in [5.74, 6) is -6.92. The van der Waals surface area contributed by atoms with E-state index >= 15 is 0 Å². The highest BCUT2D eigenvalue weighted by Crippen LogP contribution is 2.48. The van der Waals surface area contributed by atoms with Crippen molar-refractivity contribution in [3.63, 3.8) is 0 Å². The molecule has 0 N–H and O–H groups in total. The van der Waals surface area contributed by atoms with Gasteiger partial charge >= 0.3 is 17.4 Å². The zero-order valence-corrected chi connectivity index (χ0v) is 11.0. The monoisotopic (exact) mass is 323 g/mol. The Labute approximate surface area is 105 Å². The lowest BCUT2D eigenvalue weighted by atomic mass is 10.3. The van der Waals surface area contributed by atoms with E-state index in [4.69, 9.17) is 0 Å². The quantitative estimate of drug-likeness (QED) is 0.441. The van der Waals surface area contributed by atoms with Crippen LogP contribution in [0.2, 0.25) is 0 Å². The molecular weight excluding hydrogens is 311 g/mol. The van der Waals surface area contributed by atoms with Crippen LogP contribution in [0.15, 0.2) is 0 Å². The van der Waals surface area contributed by atoms with Crippen LogP contribution in [0.25, 0.3) is 0 Å². The normalized spacial score (nSPS) is 14.7. The van der Waals surface area contributed by atoms with E-state index in [2.05, 4.69) is 28.2 Å². The molecule has 0 fully saturated rings. The fraction of sp³-hybridized carbons (Fsp3) is 1.00. The van der Waals surface area contributed by atoms with Gasteiger partial charge in [-0.15, -0.1) is 0 Å². The Balaban J connectivity index is 0. The highest BCUT2D eigenvalue weighted by Gasteiger charge is 2.76. The Morgan fingerprint density at radius 2 is 1.05 bits per heavy atom. The van der Waals surface area contributed by atoms with Gasteiger partial charge in [-0.1, -0.05) is 0 Å². The SMILES string of the molecule is C[N+](C)(C)C.O=S(=O)([O-])C(F)(F)C(F)(F)C(F)(F)F. The molecule has 0 aromatic carbocycles. The van der Waals surface area contributed by atoms with Gasteiger partial charge < -0.3 is 9.04 Å². The largest absolute Gasteiger partial charge is 0.743 e. The molecule has 0 aromatic rings. The lowest BCUT2D eigenvalue weighted by Gasteiger charge is -2.29. The van der Waals surface area contributed by atoms with Crippen LogP contribution in [0.3, 0.4) is 0 Å². The number of rotatable bonds is 2. The number of halogens is 7. The Morgan fingerprint density at radius 3 is 1.11 bits per heavy atom. The molecule has 0 aromatic heterocycles. The van der Waals surface area contributed by atoms with E-state index in [0.29, 0.717) is 0 Å². The molecule has 0 aliphatic heterocycles. The molecule has 4 nitrogen and oxygen atoms in total. The van der Waals surface area contributed by atoms with Crippen LogP contribution in [0.4, 0.5) is 30.7 Å².